The highest BCUT2D eigenvalue weighted by Gasteiger charge is 2.35. The minimum absolute atomic E-state index is 0.0262. The first-order chi connectivity index (χ1) is 13.6. The molecule has 1 aliphatic rings. The number of rotatable bonds is 5. The number of amides is 1. The topological polar surface area (TPSA) is 92.5 Å². The number of hydrogen-bond donors (Lipinski definition) is 2. The number of aromatic nitrogens is 2. The monoisotopic (exact) mass is 385 g/mol. The van der Waals surface area contributed by atoms with E-state index in [0.29, 0.717) is 30.0 Å². The van der Waals surface area contributed by atoms with E-state index in [0.717, 1.165) is 5.82 Å². The first-order valence-corrected chi connectivity index (χ1v) is 8.85. The van der Waals surface area contributed by atoms with Crippen molar-refractivity contribution < 1.29 is 18.3 Å². The number of nitrogens with one attached hydrogen (secondary N) is 2. The average Bonchev–Trinajstić information content (AvgIpc) is 3.33. The third kappa shape index (κ3) is 3.36. The molecular weight excluding hydrogens is 365 g/mol. The summed E-state index contributed by atoms with van der Waals surface area (Å²) in [7, 11) is 3.33. The zero-order valence-electron chi connectivity index (χ0n) is 15.5. The first kappa shape index (κ1) is 18.2. The Morgan fingerprint density at radius 2 is 2.21 bits per heavy atom. The van der Waals surface area contributed by atoms with E-state index >= 15 is 0 Å². The maximum Gasteiger partial charge on any atom is 0.254 e. The summed E-state index contributed by atoms with van der Waals surface area (Å²) in [4.78, 5) is 23.2. The Bertz CT molecular complexity index is 1010. The van der Waals surface area contributed by atoms with Crippen LogP contribution in [0.3, 0.4) is 0 Å². The van der Waals surface area contributed by atoms with Gasteiger partial charge in [-0.05, 0) is 18.2 Å². The molecule has 0 aliphatic carbocycles. The van der Waals surface area contributed by atoms with Gasteiger partial charge >= 0.3 is 0 Å². The standard InChI is InChI=1S/C19H20FN5O3/c1-21-19-22-5-3-17(24-19)25-9-14(16(10-25)27-2)23-18(26)12-7-11-4-6-28-15(11)8-13(12)20/h3-8,14,16H,9-10H2,1-2H3,(H,23,26)(H,21,22,24)/t14-,16+/m1/s1. The molecule has 3 heterocycles. The van der Waals surface area contributed by atoms with Crippen molar-refractivity contribution in [2.45, 2.75) is 12.1 Å². The van der Waals surface area contributed by atoms with Gasteiger partial charge in [-0.1, -0.05) is 0 Å². The molecule has 146 valence electrons. The number of furan rings is 1. The summed E-state index contributed by atoms with van der Waals surface area (Å²) >= 11 is 0. The predicted octanol–water partition coefficient (Wildman–Crippen LogP) is 2.04. The Morgan fingerprint density at radius 3 is 3.00 bits per heavy atom. The van der Waals surface area contributed by atoms with E-state index in [9.17, 15) is 9.18 Å². The maximum absolute atomic E-state index is 14.3. The molecule has 1 fully saturated rings. The van der Waals surface area contributed by atoms with Gasteiger partial charge in [0.1, 0.15) is 17.2 Å². The van der Waals surface area contributed by atoms with Gasteiger partial charge in [0.25, 0.3) is 5.91 Å². The molecule has 8 nitrogen and oxygen atoms in total. The van der Waals surface area contributed by atoms with Crippen molar-refractivity contribution in [3.63, 3.8) is 0 Å². The van der Waals surface area contributed by atoms with E-state index in [4.69, 9.17) is 9.15 Å². The largest absolute Gasteiger partial charge is 0.464 e. The molecule has 1 saturated heterocycles. The van der Waals surface area contributed by atoms with Gasteiger partial charge in [-0.25, -0.2) is 9.37 Å². The molecule has 1 aliphatic heterocycles. The van der Waals surface area contributed by atoms with Crippen molar-refractivity contribution in [1.29, 1.82) is 0 Å². The quantitative estimate of drug-likeness (QED) is 0.694. The van der Waals surface area contributed by atoms with Crippen LogP contribution in [0.1, 0.15) is 10.4 Å². The predicted molar refractivity (Wildman–Crippen MR) is 102 cm³/mol. The summed E-state index contributed by atoms with van der Waals surface area (Å²) in [6, 6.07) is 5.88. The molecule has 1 amide bonds. The summed E-state index contributed by atoms with van der Waals surface area (Å²) in [6.45, 7) is 1.03. The van der Waals surface area contributed by atoms with Crippen LogP contribution < -0.4 is 15.5 Å². The van der Waals surface area contributed by atoms with Crippen LogP contribution in [0.5, 0.6) is 0 Å². The Morgan fingerprint density at radius 1 is 1.36 bits per heavy atom. The average molecular weight is 385 g/mol. The van der Waals surface area contributed by atoms with Gasteiger partial charge in [0.2, 0.25) is 5.95 Å². The van der Waals surface area contributed by atoms with Crippen LogP contribution in [0.15, 0.2) is 41.1 Å². The zero-order chi connectivity index (χ0) is 19.7. The molecule has 0 saturated carbocycles. The van der Waals surface area contributed by atoms with Crippen molar-refractivity contribution in [3.8, 4) is 0 Å². The van der Waals surface area contributed by atoms with Crippen LogP contribution in [-0.4, -0.2) is 55.3 Å². The number of anilines is 2. The summed E-state index contributed by atoms with van der Waals surface area (Å²) in [5.41, 5.74) is 0.377. The van der Waals surface area contributed by atoms with Crippen molar-refractivity contribution >= 4 is 28.6 Å². The molecule has 28 heavy (non-hydrogen) atoms. The van der Waals surface area contributed by atoms with Gasteiger partial charge in [-0.15, -0.1) is 0 Å². The molecule has 2 N–H and O–H groups in total. The Hall–Kier alpha value is -3.20. The highest BCUT2D eigenvalue weighted by atomic mass is 19.1. The van der Waals surface area contributed by atoms with Crippen molar-refractivity contribution in [2.75, 3.05) is 37.5 Å². The minimum atomic E-state index is -0.627. The van der Waals surface area contributed by atoms with Gasteiger partial charge in [-0.2, -0.15) is 4.98 Å². The van der Waals surface area contributed by atoms with Gasteiger partial charge in [0, 0.05) is 44.9 Å². The summed E-state index contributed by atoms with van der Waals surface area (Å²) in [5, 5.41) is 6.46. The lowest BCUT2D eigenvalue weighted by Crippen LogP contribution is -2.43. The van der Waals surface area contributed by atoms with Gasteiger partial charge < -0.3 is 24.7 Å². The number of hydrogen-bond acceptors (Lipinski definition) is 7. The molecular formula is C19H20FN5O3. The summed E-state index contributed by atoms with van der Waals surface area (Å²) < 4.78 is 25.0. The van der Waals surface area contributed by atoms with E-state index in [1.807, 2.05) is 4.90 Å². The van der Waals surface area contributed by atoms with Gasteiger partial charge in [0.05, 0.1) is 24.0 Å². The minimum Gasteiger partial charge on any atom is -0.464 e. The number of nitrogens with zero attached hydrogens (tertiary/aromatic N) is 3. The number of carbonyl (C=O) groups is 1. The zero-order valence-corrected chi connectivity index (χ0v) is 15.5. The first-order valence-electron chi connectivity index (χ1n) is 8.85. The number of methoxy groups -OCH3 is 1. The molecule has 3 aromatic rings. The van der Waals surface area contributed by atoms with Crippen LogP contribution in [0, 0.1) is 5.82 Å². The lowest BCUT2D eigenvalue weighted by Gasteiger charge is -2.18. The fourth-order valence-corrected chi connectivity index (χ4v) is 3.39. The third-order valence-corrected chi connectivity index (χ3v) is 4.86. The SMILES string of the molecule is CNc1nccc(N2C[C@H](OC)[C@H](NC(=O)c3cc4ccoc4cc3F)C2)n1. The fraction of sp³-hybridized carbons (Fsp3) is 0.316. The smallest absolute Gasteiger partial charge is 0.254 e. The van der Waals surface area contributed by atoms with Crippen LogP contribution in [-0.2, 0) is 4.74 Å². The lowest BCUT2D eigenvalue weighted by molar-refractivity contribution is 0.0779. The van der Waals surface area contributed by atoms with Crippen molar-refractivity contribution in [3.05, 3.63) is 48.1 Å². The summed E-state index contributed by atoms with van der Waals surface area (Å²) in [5.74, 6) is 0.116. The van der Waals surface area contributed by atoms with Crippen molar-refractivity contribution in [1.82, 2.24) is 15.3 Å². The second-order valence-corrected chi connectivity index (χ2v) is 6.54. The Balaban J connectivity index is 1.52. The highest BCUT2D eigenvalue weighted by molar-refractivity contribution is 5.98. The maximum atomic E-state index is 14.3. The van der Waals surface area contributed by atoms with E-state index in [2.05, 4.69) is 20.6 Å². The Labute approximate surface area is 160 Å². The highest BCUT2D eigenvalue weighted by Crippen LogP contribution is 2.23. The molecule has 2 aromatic heterocycles. The molecule has 4 rings (SSSR count). The molecule has 0 spiro atoms. The van der Waals surface area contributed by atoms with E-state index in [1.54, 1.807) is 32.5 Å². The van der Waals surface area contributed by atoms with Crippen LogP contribution in [0.4, 0.5) is 16.2 Å². The number of benzene rings is 1. The van der Waals surface area contributed by atoms with Crippen LogP contribution >= 0.6 is 0 Å². The second kappa shape index (κ2) is 7.43. The van der Waals surface area contributed by atoms with Crippen LogP contribution in [0.2, 0.25) is 0 Å². The fourth-order valence-electron chi connectivity index (χ4n) is 3.39. The molecule has 0 unspecified atom stereocenters. The molecule has 9 heteroatoms. The summed E-state index contributed by atoms with van der Waals surface area (Å²) in [6.07, 6.45) is 2.87. The molecule has 0 radical (unpaired) electrons. The van der Waals surface area contributed by atoms with Crippen LogP contribution in [0.25, 0.3) is 11.0 Å². The number of fused-ring (bicyclic) bond motifs is 1. The molecule has 1 aromatic carbocycles. The number of halogens is 1. The molecule has 2 atom stereocenters. The Kier molecular flexibility index (Phi) is 4.82. The van der Waals surface area contributed by atoms with Gasteiger partial charge in [-0.3, -0.25) is 4.79 Å². The second-order valence-electron chi connectivity index (χ2n) is 6.54. The number of carbonyl (C=O) groups excluding carboxylic acids is 1. The number of ether oxygens (including phenoxy) is 1. The van der Waals surface area contributed by atoms with Crippen molar-refractivity contribution in [2.24, 2.45) is 0 Å². The lowest BCUT2D eigenvalue weighted by atomic mass is 10.1. The normalized spacial score (nSPS) is 19.2. The van der Waals surface area contributed by atoms with E-state index < -0.39 is 11.7 Å². The van der Waals surface area contributed by atoms with Gasteiger partial charge in [0.15, 0.2) is 0 Å². The van der Waals surface area contributed by atoms with E-state index in [1.165, 1.54) is 18.4 Å². The molecule has 0 bridgehead atoms. The van der Waals surface area contributed by atoms with E-state index in [-0.39, 0.29) is 17.7 Å². The third-order valence-electron chi connectivity index (χ3n) is 4.86.